The van der Waals surface area contributed by atoms with Gasteiger partial charge in [0.15, 0.2) is 15.6 Å². The Labute approximate surface area is 166 Å². The van der Waals surface area contributed by atoms with E-state index in [0.29, 0.717) is 6.42 Å². The van der Waals surface area contributed by atoms with Crippen LogP contribution in [0.1, 0.15) is 51.9 Å². The number of hydrogen-bond donors (Lipinski definition) is 2. The van der Waals surface area contributed by atoms with Crippen LogP contribution in [0.5, 0.6) is 0 Å². The van der Waals surface area contributed by atoms with E-state index < -0.39 is 45.3 Å². The number of ketones is 1. The molecule has 1 aliphatic rings. The number of unbranched alkanes of at least 4 members (excludes halogenated alkanes) is 3. The van der Waals surface area contributed by atoms with Crippen molar-refractivity contribution in [2.45, 2.75) is 68.1 Å². The summed E-state index contributed by atoms with van der Waals surface area (Å²) in [5.41, 5.74) is 0.134. The molecule has 0 saturated heterocycles. The number of rotatable bonds is 11. The lowest BCUT2D eigenvalue weighted by Crippen LogP contribution is -2.35. The quantitative estimate of drug-likeness (QED) is 0.545. The molecule has 0 aliphatic heterocycles. The summed E-state index contributed by atoms with van der Waals surface area (Å²) in [5.74, 6) is -2.58. The number of carbonyl (C=O) groups is 2. The van der Waals surface area contributed by atoms with Crippen LogP contribution >= 0.6 is 0 Å². The van der Waals surface area contributed by atoms with Crippen molar-refractivity contribution in [1.82, 2.24) is 0 Å². The van der Waals surface area contributed by atoms with Gasteiger partial charge < -0.3 is 10.2 Å². The van der Waals surface area contributed by atoms with Crippen molar-refractivity contribution in [2.24, 2.45) is 5.92 Å². The molecule has 0 fully saturated rings. The maximum atomic E-state index is 13.2. The van der Waals surface area contributed by atoms with Crippen LogP contribution in [-0.4, -0.2) is 41.7 Å². The number of carboxylic acid groups (broad SMARTS) is 1. The van der Waals surface area contributed by atoms with Gasteiger partial charge in [-0.25, -0.2) is 8.42 Å². The highest BCUT2D eigenvalue weighted by atomic mass is 32.2. The Kier molecular flexibility index (Phi) is 7.95. The SMILES string of the molecule is CCCCCCC(C(=O)C1=CCC(O)C1CC(=O)O)S(=O)(=O)c1ccccc1. The Hall–Kier alpha value is -1.99. The smallest absolute Gasteiger partial charge is 0.304 e. The molecule has 2 rings (SSSR count). The number of carbonyl (C=O) groups excluding carboxylic acids is 1. The predicted octanol–water partition coefficient (Wildman–Crippen LogP) is 3.15. The van der Waals surface area contributed by atoms with Crippen LogP contribution in [0.25, 0.3) is 0 Å². The largest absolute Gasteiger partial charge is 0.481 e. The molecule has 1 aliphatic carbocycles. The number of Topliss-reactive ketones (excluding diaryl/α,β-unsaturated/α-hetero) is 1. The molecule has 1 aromatic rings. The van der Waals surface area contributed by atoms with E-state index >= 15 is 0 Å². The molecular formula is C21H28O6S. The van der Waals surface area contributed by atoms with Crippen LogP contribution in [0, 0.1) is 5.92 Å². The molecule has 7 heteroatoms. The Bertz CT molecular complexity index is 813. The summed E-state index contributed by atoms with van der Waals surface area (Å²) in [6.45, 7) is 2.05. The zero-order valence-corrected chi connectivity index (χ0v) is 16.9. The third kappa shape index (κ3) is 5.29. The minimum Gasteiger partial charge on any atom is -0.481 e. The van der Waals surface area contributed by atoms with E-state index in [4.69, 9.17) is 5.11 Å². The monoisotopic (exact) mass is 408 g/mol. The Morgan fingerprint density at radius 2 is 1.82 bits per heavy atom. The van der Waals surface area contributed by atoms with E-state index in [9.17, 15) is 23.1 Å². The third-order valence-corrected chi connectivity index (χ3v) is 7.31. The Balaban J connectivity index is 2.33. The van der Waals surface area contributed by atoms with E-state index in [1.54, 1.807) is 18.2 Å². The van der Waals surface area contributed by atoms with Crippen molar-refractivity contribution in [3.8, 4) is 0 Å². The van der Waals surface area contributed by atoms with E-state index in [2.05, 4.69) is 0 Å². The molecule has 28 heavy (non-hydrogen) atoms. The average molecular weight is 409 g/mol. The summed E-state index contributed by atoms with van der Waals surface area (Å²) < 4.78 is 26.4. The fourth-order valence-corrected chi connectivity index (χ4v) is 5.39. The van der Waals surface area contributed by atoms with Crippen LogP contribution in [0.4, 0.5) is 0 Å². The van der Waals surface area contributed by atoms with Crippen molar-refractivity contribution in [1.29, 1.82) is 0 Å². The second-order valence-corrected chi connectivity index (χ2v) is 9.36. The molecule has 6 nitrogen and oxygen atoms in total. The Morgan fingerprint density at radius 1 is 1.14 bits per heavy atom. The van der Waals surface area contributed by atoms with E-state index in [1.165, 1.54) is 18.2 Å². The summed E-state index contributed by atoms with van der Waals surface area (Å²) in [5, 5.41) is 17.9. The van der Waals surface area contributed by atoms with Crippen LogP contribution in [0.15, 0.2) is 46.9 Å². The van der Waals surface area contributed by atoms with Gasteiger partial charge in [-0.15, -0.1) is 0 Å². The maximum absolute atomic E-state index is 13.2. The van der Waals surface area contributed by atoms with Crippen molar-refractivity contribution >= 4 is 21.6 Å². The summed E-state index contributed by atoms with van der Waals surface area (Å²) in [7, 11) is -3.91. The van der Waals surface area contributed by atoms with Gasteiger partial charge in [0.1, 0.15) is 5.25 Å². The highest BCUT2D eigenvalue weighted by Crippen LogP contribution is 2.34. The van der Waals surface area contributed by atoms with Crippen molar-refractivity contribution in [3.63, 3.8) is 0 Å². The molecule has 154 valence electrons. The van der Waals surface area contributed by atoms with Gasteiger partial charge in [0.25, 0.3) is 0 Å². The summed E-state index contributed by atoms with van der Waals surface area (Å²) in [6, 6.07) is 7.85. The summed E-state index contributed by atoms with van der Waals surface area (Å²) in [4.78, 5) is 24.4. The van der Waals surface area contributed by atoms with Crippen LogP contribution < -0.4 is 0 Å². The molecule has 0 aromatic heterocycles. The van der Waals surface area contributed by atoms with Gasteiger partial charge in [-0.3, -0.25) is 9.59 Å². The van der Waals surface area contributed by atoms with Crippen molar-refractivity contribution < 1.29 is 28.2 Å². The van der Waals surface area contributed by atoms with Gasteiger partial charge in [0.2, 0.25) is 0 Å². The highest BCUT2D eigenvalue weighted by molar-refractivity contribution is 7.92. The predicted molar refractivity (Wildman–Crippen MR) is 106 cm³/mol. The first-order valence-electron chi connectivity index (χ1n) is 9.72. The minimum absolute atomic E-state index is 0.0813. The maximum Gasteiger partial charge on any atom is 0.304 e. The normalized spacial score (nSPS) is 20.6. The summed E-state index contributed by atoms with van der Waals surface area (Å²) >= 11 is 0. The number of aliphatic carboxylic acids is 1. The zero-order valence-electron chi connectivity index (χ0n) is 16.1. The van der Waals surface area contributed by atoms with E-state index in [-0.39, 0.29) is 23.3 Å². The molecule has 0 amide bonds. The van der Waals surface area contributed by atoms with Gasteiger partial charge in [0, 0.05) is 5.92 Å². The number of aliphatic hydroxyl groups is 1. The molecule has 0 bridgehead atoms. The number of sulfone groups is 1. The van der Waals surface area contributed by atoms with Crippen LogP contribution in [0.3, 0.4) is 0 Å². The van der Waals surface area contributed by atoms with Gasteiger partial charge in [0.05, 0.1) is 17.4 Å². The average Bonchev–Trinajstić information content (AvgIpc) is 3.02. The first-order chi connectivity index (χ1) is 13.3. The highest BCUT2D eigenvalue weighted by Gasteiger charge is 2.41. The lowest BCUT2D eigenvalue weighted by molar-refractivity contribution is -0.138. The van der Waals surface area contributed by atoms with Gasteiger partial charge in [-0.2, -0.15) is 0 Å². The third-order valence-electron chi connectivity index (χ3n) is 5.18. The van der Waals surface area contributed by atoms with E-state index in [0.717, 1.165) is 19.3 Å². The molecule has 1 aromatic carbocycles. The van der Waals surface area contributed by atoms with Gasteiger partial charge >= 0.3 is 5.97 Å². The molecule has 3 atom stereocenters. The van der Waals surface area contributed by atoms with Gasteiger partial charge in [-0.1, -0.05) is 56.9 Å². The second-order valence-electron chi connectivity index (χ2n) is 7.23. The number of hydrogen-bond acceptors (Lipinski definition) is 5. The molecule has 0 saturated carbocycles. The zero-order chi connectivity index (χ0) is 20.7. The van der Waals surface area contributed by atoms with Crippen molar-refractivity contribution in [2.75, 3.05) is 0 Å². The molecule has 0 spiro atoms. The van der Waals surface area contributed by atoms with Crippen LogP contribution in [0.2, 0.25) is 0 Å². The molecule has 2 N–H and O–H groups in total. The lowest BCUT2D eigenvalue weighted by atomic mass is 9.90. The minimum atomic E-state index is -3.91. The molecule has 0 heterocycles. The fourth-order valence-electron chi connectivity index (χ4n) is 3.63. The second kappa shape index (κ2) is 9.98. The first-order valence-corrected chi connectivity index (χ1v) is 11.3. The lowest BCUT2D eigenvalue weighted by Gasteiger charge is -2.22. The molecular weight excluding hydrogens is 380 g/mol. The topological polar surface area (TPSA) is 109 Å². The fraction of sp³-hybridized carbons (Fsp3) is 0.524. The number of benzene rings is 1. The first kappa shape index (κ1) is 22.3. The summed E-state index contributed by atoms with van der Waals surface area (Å²) in [6.07, 6.45) is 3.83. The number of aliphatic hydroxyl groups excluding tert-OH is 1. The van der Waals surface area contributed by atoms with Crippen molar-refractivity contribution in [3.05, 3.63) is 42.0 Å². The Morgan fingerprint density at radius 3 is 2.43 bits per heavy atom. The number of carboxylic acids is 1. The molecule has 0 radical (unpaired) electrons. The molecule has 3 unspecified atom stereocenters. The van der Waals surface area contributed by atoms with Gasteiger partial charge in [-0.05, 0) is 30.5 Å². The van der Waals surface area contributed by atoms with E-state index in [1.807, 2.05) is 6.92 Å². The van der Waals surface area contributed by atoms with Crippen LogP contribution in [-0.2, 0) is 19.4 Å². The standard InChI is InChI=1S/C21H28O6S/c1-2-3-4-8-11-19(28(26,27)15-9-6-5-7-10-15)21(25)16-12-13-18(22)17(16)14-20(23)24/h5-7,9-10,12,17-19,22H,2-4,8,11,13-14H2,1H3,(H,23,24).